The zero-order chi connectivity index (χ0) is 16.6. The number of rotatable bonds is 4. The molecule has 2 unspecified atom stereocenters. The van der Waals surface area contributed by atoms with Crippen molar-refractivity contribution in [2.75, 3.05) is 0 Å². The van der Waals surface area contributed by atoms with E-state index in [4.69, 9.17) is 4.74 Å². The highest BCUT2D eigenvalue weighted by atomic mass is 16.5. The van der Waals surface area contributed by atoms with Crippen molar-refractivity contribution in [3.05, 3.63) is 34.9 Å². The first-order chi connectivity index (χ1) is 10.9. The van der Waals surface area contributed by atoms with Crippen LogP contribution in [0.15, 0.2) is 23.8 Å². The van der Waals surface area contributed by atoms with Crippen LogP contribution in [0.2, 0.25) is 0 Å². The van der Waals surface area contributed by atoms with Gasteiger partial charge in [-0.3, -0.25) is 0 Å². The summed E-state index contributed by atoms with van der Waals surface area (Å²) < 4.78 is 6.36. The smallest absolute Gasteiger partial charge is 0.127 e. The van der Waals surface area contributed by atoms with E-state index in [0.717, 1.165) is 30.6 Å². The molecule has 3 rings (SSSR count). The van der Waals surface area contributed by atoms with Gasteiger partial charge >= 0.3 is 0 Å². The number of allylic oxidation sites excluding steroid dienone is 2. The Morgan fingerprint density at radius 1 is 1.26 bits per heavy atom. The molecule has 0 amide bonds. The Hall–Kier alpha value is -1.44. The van der Waals surface area contributed by atoms with Crippen molar-refractivity contribution in [1.82, 2.24) is 0 Å². The van der Waals surface area contributed by atoms with Gasteiger partial charge < -0.3 is 9.84 Å². The third-order valence-corrected chi connectivity index (χ3v) is 5.60. The fourth-order valence-corrected chi connectivity index (χ4v) is 4.30. The van der Waals surface area contributed by atoms with Gasteiger partial charge in [0.15, 0.2) is 0 Å². The minimum atomic E-state index is -0.177. The first-order valence-corrected chi connectivity index (χ1v) is 9.14. The van der Waals surface area contributed by atoms with Crippen LogP contribution in [0.3, 0.4) is 0 Å². The summed E-state index contributed by atoms with van der Waals surface area (Å²) in [5.41, 5.74) is 3.46. The molecule has 0 saturated carbocycles. The van der Waals surface area contributed by atoms with Gasteiger partial charge in [0.2, 0.25) is 0 Å². The monoisotopic (exact) mass is 315 g/mol. The summed E-state index contributed by atoms with van der Waals surface area (Å²) >= 11 is 0. The molecule has 126 valence electrons. The van der Waals surface area contributed by atoms with E-state index in [0.29, 0.717) is 11.7 Å². The normalized spacial score (nSPS) is 25.1. The average molecular weight is 315 g/mol. The van der Waals surface area contributed by atoms with Crippen LogP contribution in [0.25, 0.3) is 0 Å². The number of hydrogen-bond donors (Lipinski definition) is 1. The maximum Gasteiger partial charge on any atom is 0.127 e. The fraction of sp³-hybridized carbons (Fsp3) is 0.619. The first-order valence-electron chi connectivity index (χ1n) is 9.14. The minimum Gasteiger partial charge on any atom is -0.507 e. The number of benzene rings is 1. The van der Waals surface area contributed by atoms with Crippen molar-refractivity contribution >= 4 is 0 Å². The predicted molar refractivity (Wildman–Crippen MR) is 95.3 cm³/mol. The molecule has 0 spiro atoms. The molecule has 23 heavy (non-hydrogen) atoms. The molecule has 2 heteroatoms. The summed E-state index contributed by atoms with van der Waals surface area (Å²) in [5, 5.41) is 10.7. The average Bonchev–Trinajstić information content (AvgIpc) is 2.46. The van der Waals surface area contributed by atoms with Gasteiger partial charge in [-0.15, -0.1) is 0 Å². The van der Waals surface area contributed by atoms with E-state index < -0.39 is 0 Å². The van der Waals surface area contributed by atoms with Gasteiger partial charge in [-0.05, 0) is 64.2 Å². The number of unbranched alkanes of at least 4 members (excludes halogenated alkanes) is 2. The molecule has 2 atom stereocenters. The standard InChI is InChI=1S/C21H30O2/c1-5-6-7-8-15-12-18(22)20-16-11-14(2)9-10-17(16)21(3,4)23-19(20)13-15/h11-13,16-17,22H,5-10H2,1-4H3/i2+1. The molecule has 0 radical (unpaired) electrons. The number of hydrogen-bond acceptors (Lipinski definition) is 2. The fourth-order valence-electron chi connectivity index (χ4n) is 4.30. The summed E-state index contributed by atoms with van der Waals surface area (Å²) in [6.45, 7) is 8.81. The Balaban J connectivity index is 1.99. The van der Waals surface area contributed by atoms with Gasteiger partial charge in [0.25, 0.3) is 0 Å². The molecule has 1 heterocycles. The Morgan fingerprint density at radius 2 is 2.04 bits per heavy atom. The predicted octanol–water partition coefficient (Wildman–Crippen LogP) is 5.74. The second-order valence-electron chi connectivity index (χ2n) is 7.87. The zero-order valence-electron chi connectivity index (χ0n) is 15.0. The largest absolute Gasteiger partial charge is 0.507 e. The third kappa shape index (κ3) is 3.13. The van der Waals surface area contributed by atoms with E-state index in [-0.39, 0.29) is 11.5 Å². The molecule has 0 bridgehead atoms. The molecule has 0 saturated heterocycles. The van der Waals surface area contributed by atoms with Gasteiger partial charge in [0, 0.05) is 17.4 Å². The van der Waals surface area contributed by atoms with Crippen molar-refractivity contribution < 1.29 is 9.84 Å². The zero-order valence-corrected chi connectivity index (χ0v) is 15.0. The van der Waals surface area contributed by atoms with Crippen molar-refractivity contribution in [3.63, 3.8) is 0 Å². The van der Waals surface area contributed by atoms with Gasteiger partial charge in [0.05, 0.1) is 0 Å². The highest BCUT2D eigenvalue weighted by molar-refractivity contribution is 5.53. The quantitative estimate of drug-likeness (QED) is 0.436. The van der Waals surface area contributed by atoms with E-state index in [1.54, 1.807) is 0 Å². The lowest BCUT2D eigenvalue weighted by molar-refractivity contribution is 0.0107. The molecule has 1 aromatic rings. The number of phenolic OH excluding ortho intramolecular Hbond substituents is 1. The molecule has 1 aliphatic heterocycles. The van der Waals surface area contributed by atoms with Gasteiger partial charge in [-0.1, -0.05) is 31.4 Å². The molecule has 1 aromatic carbocycles. The van der Waals surface area contributed by atoms with Crippen LogP contribution in [0, 0.1) is 5.92 Å². The van der Waals surface area contributed by atoms with E-state index in [9.17, 15) is 5.11 Å². The topological polar surface area (TPSA) is 29.5 Å². The lowest BCUT2D eigenvalue weighted by atomic mass is 9.68. The van der Waals surface area contributed by atoms with Gasteiger partial charge in [-0.2, -0.15) is 0 Å². The Kier molecular flexibility index (Phi) is 4.44. The maximum absolute atomic E-state index is 10.7. The van der Waals surface area contributed by atoms with E-state index >= 15 is 0 Å². The Morgan fingerprint density at radius 3 is 2.78 bits per heavy atom. The molecule has 1 N–H and O–H groups in total. The summed E-state index contributed by atoms with van der Waals surface area (Å²) in [5.74, 6) is 2.04. The van der Waals surface area contributed by atoms with Crippen LogP contribution in [0.1, 0.15) is 76.8 Å². The molecule has 0 aromatic heterocycles. The van der Waals surface area contributed by atoms with Crippen molar-refractivity contribution in [3.8, 4) is 11.5 Å². The van der Waals surface area contributed by atoms with Crippen LogP contribution in [-0.2, 0) is 6.42 Å². The Bertz CT molecular complexity index is 613. The Labute approximate surface area is 140 Å². The minimum absolute atomic E-state index is 0.177. The molecule has 2 aliphatic rings. The summed E-state index contributed by atoms with van der Waals surface area (Å²) in [7, 11) is 0. The second-order valence-corrected chi connectivity index (χ2v) is 7.87. The summed E-state index contributed by atoms with van der Waals surface area (Å²) in [6.07, 6.45) is 9.26. The van der Waals surface area contributed by atoms with Gasteiger partial charge in [-0.25, -0.2) is 0 Å². The highest BCUT2D eigenvalue weighted by Crippen LogP contribution is 2.53. The highest BCUT2D eigenvalue weighted by Gasteiger charge is 2.45. The lowest BCUT2D eigenvalue weighted by Crippen LogP contribution is -2.45. The van der Waals surface area contributed by atoms with Crippen molar-refractivity contribution in [1.29, 1.82) is 0 Å². The second kappa shape index (κ2) is 6.22. The van der Waals surface area contributed by atoms with Crippen LogP contribution >= 0.6 is 0 Å². The molecule has 0 fully saturated rings. The van der Waals surface area contributed by atoms with Crippen LogP contribution in [0.4, 0.5) is 0 Å². The molecule has 1 aliphatic carbocycles. The summed E-state index contributed by atoms with van der Waals surface area (Å²) in [6, 6.07) is 4.13. The first kappa shape index (κ1) is 16.4. The van der Waals surface area contributed by atoms with Crippen LogP contribution in [-0.4, -0.2) is 10.7 Å². The van der Waals surface area contributed by atoms with Crippen LogP contribution in [0.5, 0.6) is 11.5 Å². The number of fused-ring (bicyclic) bond motifs is 3. The third-order valence-electron chi connectivity index (χ3n) is 5.60. The van der Waals surface area contributed by atoms with Crippen molar-refractivity contribution in [2.45, 2.75) is 77.7 Å². The van der Waals surface area contributed by atoms with E-state index in [1.165, 1.54) is 30.4 Å². The van der Waals surface area contributed by atoms with E-state index in [2.05, 4.69) is 39.8 Å². The summed E-state index contributed by atoms with van der Waals surface area (Å²) in [4.78, 5) is 0. The van der Waals surface area contributed by atoms with Crippen LogP contribution < -0.4 is 4.74 Å². The lowest BCUT2D eigenvalue weighted by Gasteiger charge is -2.46. The van der Waals surface area contributed by atoms with Gasteiger partial charge in [0.1, 0.15) is 17.1 Å². The number of ether oxygens (including phenoxy) is 1. The van der Waals surface area contributed by atoms with Crippen molar-refractivity contribution in [2.24, 2.45) is 5.92 Å². The maximum atomic E-state index is 10.7. The molecular weight excluding hydrogens is 285 g/mol. The number of phenols is 1. The molecular formula is C21H30O2. The SMILES string of the molecule is CCCCCc1cc(O)c2c(c1)OC(C)(C)C1CCC([13CH3])=CC21. The number of aryl methyl sites for hydroxylation is 1. The number of aromatic hydroxyl groups is 1. The van der Waals surface area contributed by atoms with E-state index in [1.807, 2.05) is 6.07 Å². The molecule has 2 nitrogen and oxygen atoms in total.